The lowest BCUT2D eigenvalue weighted by molar-refractivity contribution is -0.140. The highest BCUT2D eigenvalue weighted by Gasteiger charge is 2.35. The highest BCUT2D eigenvalue weighted by Crippen LogP contribution is 2.33. The third kappa shape index (κ3) is 7.72. The second-order valence-electron chi connectivity index (χ2n) is 9.82. The minimum atomic E-state index is -4.27. The van der Waals surface area contributed by atoms with Crippen molar-refractivity contribution in [2.24, 2.45) is 0 Å². The Balaban J connectivity index is 1.85. The Morgan fingerprint density at radius 1 is 0.841 bits per heavy atom. The zero-order chi connectivity index (χ0) is 31.7. The van der Waals surface area contributed by atoms with Gasteiger partial charge in [-0.2, -0.15) is 0 Å². The van der Waals surface area contributed by atoms with Crippen LogP contribution in [0.25, 0.3) is 0 Å². The smallest absolute Gasteiger partial charge is 0.264 e. The molecular weight excluding hydrogens is 621 g/mol. The Labute approximate surface area is 268 Å². The average Bonchev–Trinajstić information content (AvgIpc) is 3.03. The first-order valence-corrected chi connectivity index (χ1v) is 16.1. The van der Waals surface area contributed by atoms with Crippen LogP contribution in [0.15, 0.2) is 108 Å². The molecule has 0 aliphatic heterocycles. The predicted octanol–water partition coefficient (Wildman–Crippen LogP) is 5.97. The van der Waals surface area contributed by atoms with E-state index in [1.807, 2.05) is 30.3 Å². The van der Waals surface area contributed by atoms with Crippen molar-refractivity contribution in [3.8, 4) is 5.75 Å². The zero-order valence-corrected chi connectivity index (χ0v) is 26.6. The van der Waals surface area contributed by atoms with Crippen LogP contribution in [-0.2, 0) is 32.6 Å². The molecule has 2 amide bonds. The number of nitrogens with one attached hydrogen (secondary N) is 1. The van der Waals surface area contributed by atoms with Gasteiger partial charge in [-0.3, -0.25) is 13.9 Å². The quantitative estimate of drug-likeness (QED) is 0.192. The molecule has 4 rings (SSSR count). The number of methoxy groups -OCH3 is 1. The van der Waals surface area contributed by atoms with Crippen LogP contribution in [0.2, 0.25) is 10.0 Å². The van der Waals surface area contributed by atoms with E-state index in [-0.39, 0.29) is 29.3 Å². The molecule has 4 aromatic carbocycles. The number of amides is 2. The Morgan fingerprint density at radius 2 is 1.43 bits per heavy atom. The third-order valence-electron chi connectivity index (χ3n) is 6.98. The number of rotatable bonds is 13. The van der Waals surface area contributed by atoms with Crippen LogP contribution in [0.4, 0.5) is 5.69 Å². The number of sulfonamides is 1. The molecule has 0 radical (unpaired) electrons. The van der Waals surface area contributed by atoms with E-state index in [1.54, 1.807) is 67.6 Å². The van der Waals surface area contributed by atoms with Crippen LogP contribution in [0.3, 0.4) is 0 Å². The topological polar surface area (TPSA) is 96.0 Å². The normalized spacial score (nSPS) is 11.8. The van der Waals surface area contributed by atoms with Gasteiger partial charge in [-0.25, -0.2) is 8.42 Å². The van der Waals surface area contributed by atoms with Gasteiger partial charge in [0.25, 0.3) is 10.0 Å². The first kappa shape index (κ1) is 32.9. The van der Waals surface area contributed by atoms with Crippen molar-refractivity contribution in [3.05, 3.63) is 124 Å². The fourth-order valence-corrected chi connectivity index (χ4v) is 6.73. The standard InChI is InChI=1S/C33H33Cl2N3O5S/c1-3-36-33(40)30(21-24-13-6-4-7-14-24)37(22-26-27(34)17-12-18-28(26)35)32(39)23-38(29-19-10-11-20-31(29)43-2)44(41,42)25-15-8-5-9-16-25/h4-20,30H,3,21-23H2,1-2H3,(H,36,40)/t30-/m1/s1. The van der Waals surface area contributed by atoms with E-state index in [0.717, 1.165) is 9.87 Å². The minimum absolute atomic E-state index is 0.0102. The van der Waals surface area contributed by atoms with Crippen molar-refractivity contribution in [1.29, 1.82) is 0 Å². The maximum absolute atomic E-state index is 14.5. The zero-order valence-electron chi connectivity index (χ0n) is 24.3. The van der Waals surface area contributed by atoms with Crippen molar-refractivity contribution in [1.82, 2.24) is 10.2 Å². The van der Waals surface area contributed by atoms with E-state index in [4.69, 9.17) is 27.9 Å². The van der Waals surface area contributed by atoms with Gasteiger partial charge in [0.15, 0.2) is 0 Å². The largest absolute Gasteiger partial charge is 0.495 e. The van der Waals surface area contributed by atoms with Crippen molar-refractivity contribution in [2.75, 3.05) is 24.5 Å². The molecule has 1 N–H and O–H groups in total. The molecule has 0 fully saturated rings. The van der Waals surface area contributed by atoms with Gasteiger partial charge in [-0.05, 0) is 48.9 Å². The number of hydrogen-bond acceptors (Lipinski definition) is 5. The molecule has 230 valence electrons. The predicted molar refractivity (Wildman–Crippen MR) is 174 cm³/mol. The maximum Gasteiger partial charge on any atom is 0.264 e. The molecule has 0 unspecified atom stereocenters. The van der Waals surface area contributed by atoms with Crippen LogP contribution in [-0.4, -0.2) is 51.4 Å². The van der Waals surface area contributed by atoms with Crippen LogP contribution in [0.5, 0.6) is 5.75 Å². The summed E-state index contributed by atoms with van der Waals surface area (Å²) in [7, 11) is -2.85. The molecule has 1 atom stereocenters. The van der Waals surface area contributed by atoms with Crippen molar-refractivity contribution < 1.29 is 22.7 Å². The summed E-state index contributed by atoms with van der Waals surface area (Å²) < 4.78 is 34.7. The van der Waals surface area contributed by atoms with E-state index < -0.39 is 34.4 Å². The summed E-state index contributed by atoms with van der Waals surface area (Å²) in [5, 5.41) is 3.44. The Hall–Kier alpha value is -4.05. The number of anilines is 1. The Morgan fingerprint density at radius 3 is 2.05 bits per heavy atom. The molecule has 8 nitrogen and oxygen atoms in total. The fourth-order valence-electron chi connectivity index (χ4n) is 4.77. The number of benzene rings is 4. The van der Waals surface area contributed by atoms with Crippen molar-refractivity contribution in [3.63, 3.8) is 0 Å². The summed E-state index contributed by atoms with van der Waals surface area (Å²) in [6.45, 7) is 1.33. The van der Waals surface area contributed by atoms with Crippen LogP contribution in [0, 0.1) is 0 Å². The third-order valence-corrected chi connectivity index (χ3v) is 9.46. The number of para-hydroxylation sites is 2. The van der Waals surface area contributed by atoms with Crippen LogP contribution >= 0.6 is 23.2 Å². The number of hydrogen-bond donors (Lipinski definition) is 1. The highest BCUT2D eigenvalue weighted by atomic mass is 35.5. The van der Waals surface area contributed by atoms with Gasteiger partial charge in [-0.15, -0.1) is 0 Å². The summed E-state index contributed by atoms with van der Waals surface area (Å²) >= 11 is 13.1. The average molecular weight is 655 g/mol. The number of carbonyl (C=O) groups is 2. The minimum Gasteiger partial charge on any atom is -0.495 e. The van der Waals surface area contributed by atoms with Gasteiger partial charge in [-0.1, -0.05) is 89.9 Å². The van der Waals surface area contributed by atoms with Gasteiger partial charge in [0, 0.05) is 35.1 Å². The van der Waals surface area contributed by atoms with Crippen molar-refractivity contribution in [2.45, 2.75) is 30.8 Å². The molecule has 0 saturated carbocycles. The fraction of sp³-hybridized carbons (Fsp3) is 0.212. The summed E-state index contributed by atoms with van der Waals surface area (Å²) in [6.07, 6.45) is 0.167. The van der Waals surface area contributed by atoms with Gasteiger partial charge in [0.1, 0.15) is 18.3 Å². The molecule has 44 heavy (non-hydrogen) atoms. The molecule has 0 spiro atoms. The Kier molecular flexibility index (Phi) is 11.3. The van der Waals surface area contributed by atoms with E-state index in [0.29, 0.717) is 22.2 Å². The summed E-state index contributed by atoms with van der Waals surface area (Å²) in [5.74, 6) is -0.786. The molecule has 0 aliphatic rings. The maximum atomic E-state index is 14.5. The Bertz CT molecular complexity index is 1670. The SMILES string of the molecule is CCNC(=O)[C@@H](Cc1ccccc1)N(Cc1c(Cl)cccc1Cl)C(=O)CN(c1ccccc1OC)S(=O)(=O)c1ccccc1. The summed E-state index contributed by atoms with van der Waals surface area (Å²) in [6, 6.07) is 27.6. The second kappa shape index (κ2) is 15.1. The number of ether oxygens (including phenoxy) is 1. The van der Waals surface area contributed by atoms with Gasteiger partial charge >= 0.3 is 0 Å². The first-order chi connectivity index (χ1) is 21.2. The van der Waals surface area contributed by atoms with E-state index in [9.17, 15) is 18.0 Å². The highest BCUT2D eigenvalue weighted by molar-refractivity contribution is 7.92. The molecular formula is C33H33Cl2N3O5S. The number of halogens is 2. The number of carbonyl (C=O) groups excluding carboxylic acids is 2. The van der Waals surface area contributed by atoms with E-state index >= 15 is 0 Å². The van der Waals surface area contributed by atoms with E-state index in [2.05, 4.69) is 5.32 Å². The van der Waals surface area contributed by atoms with Gasteiger partial charge in [0.2, 0.25) is 11.8 Å². The summed E-state index contributed by atoms with van der Waals surface area (Å²) in [4.78, 5) is 29.4. The molecule has 0 saturated heterocycles. The van der Waals surface area contributed by atoms with Crippen LogP contribution < -0.4 is 14.4 Å². The molecule has 0 bridgehead atoms. The first-order valence-electron chi connectivity index (χ1n) is 13.9. The van der Waals surface area contributed by atoms with Crippen LogP contribution in [0.1, 0.15) is 18.1 Å². The summed E-state index contributed by atoms with van der Waals surface area (Å²) in [5.41, 5.74) is 1.41. The number of nitrogens with zero attached hydrogens (tertiary/aromatic N) is 2. The molecule has 0 aromatic heterocycles. The van der Waals surface area contributed by atoms with Gasteiger partial charge < -0.3 is 15.0 Å². The molecule has 0 aliphatic carbocycles. The van der Waals surface area contributed by atoms with E-state index in [1.165, 1.54) is 24.1 Å². The van der Waals surface area contributed by atoms with Gasteiger partial charge in [0.05, 0.1) is 17.7 Å². The lowest BCUT2D eigenvalue weighted by Crippen LogP contribution is -2.53. The number of likely N-dealkylation sites (N-methyl/N-ethyl adjacent to an activating group) is 1. The lowest BCUT2D eigenvalue weighted by atomic mass is 10.0. The molecule has 4 aromatic rings. The monoisotopic (exact) mass is 653 g/mol. The molecule has 0 heterocycles. The lowest BCUT2D eigenvalue weighted by Gasteiger charge is -2.34. The molecule has 11 heteroatoms. The van der Waals surface area contributed by atoms with Crippen molar-refractivity contribution >= 4 is 50.7 Å². The second-order valence-corrected chi connectivity index (χ2v) is 12.5.